The Bertz CT molecular complexity index is 908. The molecule has 1 aliphatic rings. The van der Waals surface area contributed by atoms with Crippen LogP contribution < -0.4 is 0 Å². The molecule has 0 bridgehead atoms. The van der Waals surface area contributed by atoms with E-state index in [2.05, 4.69) is 46.2 Å². The van der Waals surface area contributed by atoms with E-state index in [4.69, 9.17) is 0 Å². The summed E-state index contributed by atoms with van der Waals surface area (Å²) in [7, 11) is 0. The fourth-order valence-electron chi connectivity index (χ4n) is 4.02. The highest BCUT2D eigenvalue weighted by Crippen LogP contribution is 2.28. The number of imidazole rings is 1. The molecular formula is C21H26N4O. The normalized spacial score (nSPS) is 18.0. The van der Waals surface area contributed by atoms with Crippen molar-refractivity contribution in [3.05, 3.63) is 54.7 Å². The average molecular weight is 350 g/mol. The fraction of sp³-hybridized carbons (Fsp3) is 0.429. The topological polar surface area (TPSA) is 43.1 Å². The maximum atomic E-state index is 12.9. The predicted molar refractivity (Wildman–Crippen MR) is 103 cm³/mol. The molecule has 1 amide bonds. The summed E-state index contributed by atoms with van der Waals surface area (Å²) >= 11 is 0. The number of hydrogen-bond donors (Lipinski definition) is 0. The molecule has 1 aliphatic heterocycles. The zero-order valence-corrected chi connectivity index (χ0v) is 15.5. The van der Waals surface area contributed by atoms with Crippen LogP contribution in [0.3, 0.4) is 0 Å². The summed E-state index contributed by atoms with van der Waals surface area (Å²) in [5.41, 5.74) is 1.12. The number of benzene rings is 1. The molecule has 2 aromatic heterocycles. The molecule has 5 heteroatoms. The standard InChI is InChI=1S/C21H26N4O/c1-16(2)25-13-10-22-21(25)18-7-5-11-24(14-18)20(26)15-23-12-9-17-6-3-4-8-19(17)23/h3-4,6,8-10,12-13,16,18H,5,7,11,14-15H2,1-2H3/t18-/m0/s1. The number of hydrogen-bond acceptors (Lipinski definition) is 2. The van der Waals surface area contributed by atoms with Crippen molar-refractivity contribution in [1.82, 2.24) is 19.0 Å². The Balaban J connectivity index is 1.49. The third kappa shape index (κ3) is 3.14. The van der Waals surface area contributed by atoms with Crippen molar-refractivity contribution in [2.24, 2.45) is 0 Å². The second-order valence-corrected chi connectivity index (χ2v) is 7.47. The van der Waals surface area contributed by atoms with E-state index in [0.717, 1.165) is 37.3 Å². The van der Waals surface area contributed by atoms with Gasteiger partial charge in [0.25, 0.3) is 0 Å². The molecule has 1 saturated heterocycles. The number of piperidine rings is 1. The first-order valence-electron chi connectivity index (χ1n) is 9.48. The van der Waals surface area contributed by atoms with Gasteiger partial charge in [0.1, 0.15) is 12.4 Å². The Morgan fingerprint density at radius 3 is 2.92 bits per heavy atom. The molecule has 0 aliphatic carbocycles. The first-order chi connectivity index (χ1) is 12.6. The zero-order chi connectivity index (χ0) is 18.1. The third-order valence-corrected chi connectivity index (χ3v) is 5.38. The van der Waals surface area contributed by atoms with Gasteiger partial charge in [-0.2, -0.15) is 0 Å². The number of carbonyl (C=O) groups excluding carboxylic acids is 1. The summed E-state index contributed by atoms with van der Waals surface area (Å²) in [5.74, 6) is 1.63. The maximum Gasteiger partial charge on any atom is 0.242 e. The molecule has 0 unspecified atom stereocenters. The van der Waals surface area contributed by atoms with Crippen molar-refractivity contribution >= 4 is 16.8 Å². The van der Waals surface area contributed by atoms with Crippen molar-refractivity contribution in [2.75, 3.05) is 13.1 Å². The van der Waals surface area contributed by atoms with Crippen LogP contribution in [0.15, 0.2) is 48.9 Å². The lowest BCUT2D eigenvalue weighted by Gasteiger charge is -2.33. The van der Waals surface area contributed by atoms with Crippen molar-refractivity contribution in [1.29, 1.82) is 0 Å². The first-order valence-corrected chi connectivity index (χ1v) is 9.48. The van der Waals surface area contributed by atoms with Crippen LogP contribution in [0.5, 0.6) is 0 Å². The highest BCUT2D eigenvalue weighted by molar-refractivity contribution is 5.83. The second kappa shape index (κ2) is 6.98. The van der Waals surface area contributed by atoms with Crippen LogP contribution in [-0.4, -0.2) is 38.0 Å². The molecule has 3 heterocycles. The molecule has 5 nitrogen and oxygen atoms in total. The van der Waals surface area contributed by atoms with Crippen LogP contribution in [0.2, 0.25) is 0 Å². The van der Waals surface area contributed by atoms with Crippen LogP contribution in [0.4, 0.5) is 0 Å². The van der Waals surface area contributed by atoms with Crippen LogP contribution in [0.25, 0.3) is 10.9 Å². The van der Waals surface area contributed by atoms with Crippen LogP contribution in [-0.2, 0) is 11.3 Å². The van der Waals surface area contributed by atoms with Crippen LogP contribution >= 0.6 is 0 Å². The number of aromatic nitrogens is 3. The number of amides is 1. The van der Waals surface area contributed by atoms with Gasteiger partial charge in [0, 0.05) is 49.2 Å². The number of para-hydroxylation sites is 1. The molecule has 0 saturated carbocycles. The van der Waals surface area contributed by atoms with E-state index >= 15 is 0 Å². The van der Waals surface area contributed by atoms with Gasteiger partial charge in [0.05, 0.1) is 0 Å². The summed E-state index contributed by atoms with van der Waals surface area (Å²) in [6.45, 7) is 6.36. The van der Waals surface area contributed by atoms with Gasteiger partial charge in [-0.1, -0.05) is 18.2 Å². The summed E-state index contributed by atoms with van der Waals surface area (Å²) in [6, 6.07) is 10.7. The Morgan fingerprint density at radius 2 is 2.08 bits per heavy atom. The molecular weight excluding hydrogens is 324 g/mol. The molecule has 136 valence electrons. The number of nitrogens with zero attached hydrogens (tertiary/aromatic N) is 4. The van der Waals surface area contributed by atoms with E-state index in [1.807, 2.05) is 35.6 Å². The molecule has 0 N–H and O–H groups in total. The van der Waals surface area contributed by atoms with E-state index < -0.39 is 0 Å². The molecule has 26 heavy (non-hydrogen) atoms. The Morgan fingerprint density at radius 1 is 1.23 bits per heavy atom. The smallest absolute Gasteiger partial charge is 0.242 e. The minimum atomic E-state index is 0.193. The Labute approximate surface area is 154 Å². The molecule has 1 fully saturated rings. The zero-order valence-electron chi connectivity index (χ0n) is 15.5. The van der Waals surface area contributed by atoms with Crippen LogP contribution in [0, 0.1) is 0 Å². The van der Waals surface area contributed by atoms with E-state index in [0.29, 0.717) is 18.5 Å². The quantitative estimate of drug-likeness (QED) is 0.718. The highest BCUT2D eigenvalue weighted by atomic mass is 16.2. The Kier molecular flexibility index (Phi) is 4.53. The van der Waals surface area contributed by atoms with E-state index in [1.165, 1.54) is 5.39 Å². The SMILES string of the molecule is CC(C)n1ccnc1[C@H]1CCCN(C(=O)Cn2ccc3ccccc32)C1. The predicted octanol–water partition coefficient (Wildman–Crippen LogP) is 3.82. The van der Waals surface area contributed by atoms with Gasteiger partial charge in [-0.05, 0) is 44.2 Å². The molecule has 3 aromatic rings. The summed E-state index contributed by atoms with van der Waals surface area (Å²) in [5, 5.41) is 1.18. The van der Waals surface area contributed by atoms with Gasteiger partial charge < -0.3 is 14.0 Å². The largest absolute Gasteiger partial charge is 0.340 e. The van der Waals surface area contributed by atoms with Gasteiger partial charge in [-0.3, -0.25) is 4.79 Å². The van der Waals surface area contributed by atoms with Crippen LogP contribution in [0.1, 0.15) is 44.5 Å². The lowest BCUT2D eigenvalue weighted by molar-refractivity contribution is -0.133. The van der Waals surface area contributed by atoms with Crippen molar-refractivity contribution < 1.29 is 4.79 Å². The highest BCUT2D eigenvalue weighted by Gasteiger charge is 2.28. The number of likely N-dealkylation sites (tertiary alicyclic amines) is 1. The number of fused-ring (bicyclic) bond motifs is 1. The van der Waals surface area contributed by atoms with Gasteiger partial charge >= 0.3 is 0 Å². The van der Waals surface area contributed by atoms with Crippen molar-refractivity contribution in [2.45, 2.75) is 45.2 Å². The lowest BCUT2D eigenvalue weighted by Crippen LogP contribution is -2.41. The lowest BCUT2D eigenvalue weighted by atomic mass is 9.96. The minimum absolute atomic E-state index is 0.193. The van der Waals surface area contributed by atoms with Crippen molar-refractivity contribution in [3.8, 4) is 0 Å². The molecule has 1 atom stereocenters. The van der Waals surface area contributed by atoms with E-state index in [9.17, 15) is 4.79 Å². The van der Waals surface area contributed by atoms with Gasteiger partial charge in [0.2, 0.25) is 5.91 Å². The van der Waals surface area contributed by atoms with Gasteiger partial charge in [-0.15, -0.1) is 0 Å². The Hall–Kier alpha value is -2.56. The monoisotopic (exact) mass is 350 g/mol. The second-order valence-electron chi connectivity index (χ2n) is 7.47. The van der Waals surface area contributed by atoms with Crippen molar-refractivity contribution in [3.63, 3.8) is 0 Å². The van der Waals surface area contributed by atoms with Gasteiger partial charge in [-0.25, -0.2) is 4.98 Å². The molecule has 1 aromatic carbocycles. The molecule has 0 spiro atoms. The number of rotatable bonds is 4. The molecule has 4 rings (SSSR count). The molecule has 0 radical (unpaired) electrons. The third-order valence-electron chi connectivity index (χ3n) is 5.38. The summed E-state index contributed by atoms with van der Waals surface area (Å²) in [6.07, 6.45) is 8.07. The number of carbonyl (C=O) groups is 1. The fourth-order valence-corrected chi connectivity index (χ4v) is 4.02. The summed E-state index contributed by atoms with van der Waals surface area (Å²) < 4.78 is 4.29. The minimum Gasteiger partial charge on any atom is -0.340 e. The summed E-state index contributed by atoms with van der Waals surface area (Å²) in [4.78, 5) is 19.5. The average Bonchev–Trinajstić information content (AvgIpc) is 3.29. The first kappa shape index (κ1) is 16.9. The maximum absolute atomic E-state index is 12.9. The van der Waals surface area contributed by atoms with E-state index in [1.54, 1.807) is 0 Å². The van der Waals surface area contributed by atoms with Gasteiger partial charge in [0.15, 0.2) is 0 Å². The van der Waals surface area contributed by atoms with E-state index in [-0.39, 0.29) is 5.91 Å².